The van der Waals surface area contributed by atoms with Crippen LogP contribution in [0, 0.1) is 0 Å². The molecule has 1 amide bonds. The average Bonchev–Trinajstić information content (AvgIpc) is 3.33. The number of benzene rings is 1. The minimum Gasteiger partial charge on any atom is -0.496 e. The van der Waals surface area contributed by atoms with Crippen molar-refractivity contribution >= 4 is 5.91 Å². The van der Waals surface area contributed by atoms with Crippen molar-refractivity contribution < 1.29 is 13.9 Å². The second-order valence-corrected chi connectivity index (χ2v) is 6.72. The lowest BCUT2D eigenvalue weighted by molar-refractivity contribution is 0.0946. The summed E-state index contributed by atoms with van der Waals surface area (Å²) in [5.41, 5.74) is 1.67. The van der Waals surface area contributed by atoms with Crippen LogP contribution in [0.1, 0.15) is 27.6 Å². The molecular formula is C20H23N5O3. The van der Waals surface area contributed by atoms with Crippen molar-refractivity contribution in [3.63, 3.8) is 0 Å². The molecular weight excluding hydrogens is 358 g/mol. The summed E-state index contributed by atoms with van der Waals surface area (Å²) in [5, 5.41) is 11.5. The highest BCUT2D eigenvalue weighted by molar-refractivity contribution is 5.96. The van der Waals surface area contributed by atoms with Crippen LogP contribution in [0.2, 0.25) is 0 Å². The van der Waals surface area contributed by atoms with Crippen molar-refractivity contribution in [2.24, 2.45) is 0 Å². The molecule has 4 rings (SSSR count). The molecule has 146 valence electrons. The molecule has 3 heterocycles. The maximum atomic E-state index is 12.5. The molecule has 0 aliphatic carbocycles. The number of rotatable bonds is 6. The van der Waals surface area contributed by atoms with Gasteiger partial charge in [-0.05, 0) is 18.2 Å². The fraction of sp³-hybridized carbons (Fsp3) is 0.350. The van der Waals surface area contributed by atoms with E-state index in [1.807, 2.05) is 18.2 Å². The fourth-order valence-corrected chi connectivity index (χ4v) is 3.44. The number of hydrogen-bond donors (Lipinski definition) is 1. The predicted molar refractivity (Wildman–Crippen MR) is 102 cm³/mol. The Morgan fingerprint density at radius 2 is 2.11 bits per heavy atom. The van der Waals surface area contributed by atoms with Crippen LogP contribution in [-0.2, 0) is 26.1 Å². The van der Waals surface area contributed by atoms with Crippen molar-refractivity contribution in [2.75, 3.05) is 20.2 Å². The lowest BCUT2D eigenvalue weighted by atomic mass is 10.2. The summed E-state index contributed by atoms with van der Waals surface area (Å²) in [5.74, 6) is 2.08. The molecule has 2 aromatic heterocycles. The number of nitrogens with zero attached hydrogens (tertiary/aromatic N) is 4. The summed E-state index contributed by atoms with van der Waals surface area (Å²) in [4.78, 5) is 14.9. The Morgan fingerprint density at radius 3 is 2.93 bits per heavy atom. The van der Waals surface area contributed by atoms with Gasteiger partial charge in [0.2, 0.25) is 0 Å². The molecule has 28 heavy (non-hydrogen) atoms. The Bertz CT molecular complexity index is 935. The average molecular weight is 381 g/mol. The molecule has 0 saturated carbocycles. The van der Waals surface area contributed by atoms with Gasteiger partial charge in [0.1, 0.15) is 11.6 Å². The Balaban J connectivity index is 1.39. The molecule has 8 heteroatoms. The third kappa shape index (κ3) is 3.91. The van der Waals surface area contributed by atoms with Crippen molar-refractivity contribution in [1.29, 1.82) is 0 Å². The van der Waals surface area contributed by atoms with Gasteiger partial charge in [-0.25, -0.2) is 0 Å². The fourth-order valence-electron chi connectivity index (χ4n) is 3.44. The third-order valence-electron chi connectivity index (χ3n) is 4.94. The van der Waals surface area contributed by atoms with E-state index < -0.39 is 0 Å². The molecule has 0 saturated heterocycles. The Morgan fingerprint density at radius 1 is 1.21 bits per heavy atom. The van der Waals surface area contributed by atoms with Crippen LogP contribution in [0.15, 0.2) is 47.3 Å². The Kier molecular flexibility index (Phi) is 5.38. The van der Waals surface area contributed by atoms with Gasteiger partial charge in [-0.15, -0.1) is 10.2 Å². The van der Waals surface area contributed by atoms with Crippen LogP contribution < -0.4 is 10.1 Å². The molecule has 0 unspecified atom stereocenters. The topological polar surface area (TPSA) is 85.4 Å². The van der Waals surface area contributed by atoms with Gasteiger partial charge in [-0.3, -0.25) is 9.69 Å². The molecule has 1 aliphatic rings. The lowest BCUT2D eigenvalue weighted by Crippen LogP contribution is -2.28. The first kappa shape index (κ1) is 18.2. The minimum atomic E-state index is -0.190. The monoisotopic (exact) mass is 381 g/mol. The summed E-state index contributed by atoms with van der Waals surface area (Å²) >= 11 is 0. The van der Waals surface area contributed by atoms with Crippen LogP contribution in [-0.4, -0.2) is 45.8 Å². The quantitative estimate of drug-likeness (QED) is 0.702. The third-order valence-corrected chi connectivity index (χ3v) is 4.94. The first-order chi connectivity index (χ1) is 13.7. The summed E-state index contributed by atoms with van der Waals surface area (Å²) in [6, 6.07) is 9.15. The number of carbonyl (C=O) groups excluding carboxylic acids is 1. The first-order valence-corrected chi connectivity index (χ1v) is 9.30. The van der Waals surface area contributed by atoms with Gasteiger partial charge in [0.25, 0.3) is 5.91 Å². The van der Waals surface area contributed by atoms with Gasteiger partial charge in [0.05, 0.1) is 31.7 Å². The van der Waals surface area contributed by atoms with Gasteiger partial charge in [-0.2, -0.15) is 0 Å². The minimum absolute atomic E-state index is 0.190. The van der Waals surface area contributed by atoms with Crippen molar-refractivity contribution in [3.05, 3.63) is 65.6 Å². The lowest BCUT2D eigenvalue weighted by Gasteiger charge is -2.18. The van der Waals surface area contributed by atoms with E-state index in [0.29, 0.717) is 17.9 Å². The zero-order chi connectivity index (χ0) is 19.3. The number of ether oxygens (including phenoxy) is 1. The number of nitrogens with one attached hydrogen (secondary N) is 1. The molecule has 0 spiro atoms. The van der Waals surface area contributed by atoms with Crippen LogP contribution in [0.4, 0.5) is 0 Å². The summed E-state index contributed by atoms with van der Waals surface area (Å²) < 4.78 is 12.5. The molecule has 1 aromatic carbocycles. The molecule has 3 aromatic rings. The molecule has 0 bridgehead atoms. The summed E-state index contributed by atoms with van der Waals surface area (Å²) in [6.07, 6.45) is 4.31. The van der Waals surface area contributed by atoms with E-state index in [9.17, 15) is 4.79 Å². The largest absolute Gasteiger partial charge is 0.496 e. The van der Waals surface area contributed by atoms with Crippen molar-refractivity contribution in [1.82, 2.24) is 25.0 Å². The highest BCUT2D eigenvalue weighted by atomic mass is 16.5. The first-order valence-electron chi connectivity index (χ1n) is 9.30. The van der Waals surface area contributed by atoms with E-state index in [-0.39, 0.29) is 5.91 Å². The van der Waals surface area contributed by atoms with E-state index >= 15 is 0 Å². The zero-order valence-electron chi connectivity index (χ0n) is 15.8. The summed E-state index contributed by atoms with van der Waals surface area (Å²) in [6.45, 7) is 3.78. The number of amides is 1. The number of methoxy groups -OCH3 is 1. The van der Waals surface area contributed by atoms with E-state index in [1.165, 1.54) is 5.56 Å². The molecule has 0 radical (unpaired) electrons. The SMILES string of the molecule is COc1ccccc1C(=O)NCc1nnc2n1CCN(Cc1ccoc1)CC2. The number of para-hydroxylation sites is 1. The van der Waals surface area contributed by atoms with Gasteiger partial charge in [0.15, 0.2) is 5.82 Å². The number of aromatic nitrogens is 3. The normalized spacial score (nSPS) is 14.3. The Hall–Kier alpha value is -3.13. The number of furan rings is 1. The summed E-state index contributed by atoms with van der Waals surface area (Å²) in [7, 11) is 1.56. The molecule has 0 fully saturated rings. The molecule has 8 nitrogen and oxygen atoms in total. The predicted octanol–water partition coefficient (Wildman–Crippen LogP) is 1.87. The van der Waals surface area contributed by atoms with Gasteiger partial charge in [0, 0.05) is 38.2 Å². The molecule has 1 N–H and O–H groups in total. The van der Waals surface area contributed by atoms with Gasteiger partial charge in [-0.1, -0.05) is 12.1 Å². The Labute approximate surface area is 163 Å². The highest BCUT2D eigenvalue weighted by Crippen LogP contribution is 2.17. The number of carbonyl (C=O) groups is 1. The van der Waals surface area contributed by atoms with Crippen LogP contribution in [0.3, 0.4) is 0 Å². The van der Waals surface area contributed by atoms with Crippen LogP contribution >= 0.6 is 0 Å². The maximum absolute atomic E-state index is 12.5. The second-order valence-electron chi connectivity index (χ2n) is 6.72. The van der Waals surface area contributed by atoms with Gasteiger partial charge < -0.3 is 19.0 Å². The van der Waals surface area contributed by atoms with E-state index in [4.69, 9.17) is 9.15 Å². The van der Waals surface area contributed by atoms with Gasteiger partial charge >= 0.3 is 0 Å². The van der Waals surface area contributed by atoms with E-state index in [1.54, 1.807) is 31.8 Å². The van der Waals surface area contributed by atoms with E-state index in [2.05, 4.69) is 25.0 Å². The number of fused-ring (bicyclic) bond motifs is 1. The smallest absolute Gasteiger partial charge is 0.255 e. The highest BCUT2D eigenvalue weighted by Gasteiger charge is 2.20. The van der Waals surface area contributed by atoms with Crippen molar-refractivity contribution in [2.45, 2.75) is 26.1 Å². The van der Waals surface area contributed by atoms with E-state index in [0.717, 1.165) is 44.2 Å². The molecule has 0 atom stereocenters. The zero-order valence-corrected chi connectivity index (χ0v) is 15.8. The standard InChI is InChI=1S/C20H23N5O3/c1-27-17-5-3-2-4-16(17)20(26)21-12-19-23-22-18-6-8-24(9-10-25(18)19)13-15-7-11-28-14-15/h2-5,7,11,14H,6,8-10,12-13H2,1H3,(H,21,26). The van der Waals surface area contributed by atoms with Crippen LogP contribution in [0.25, 0.3) is 0 Å². The van der Waals surface area contributed by atoms with Crippen LogP contribution in [0.5, 0.6) is 5.75 Å². The second kappa shape index (κ2) is 8.26. The van der Waals surface area contributed by atoms with Crippen molar-refractivity contribution in [3.8, 4) is 5.75 Å². The maximum Gasteiger partial charge on any atom is 0.255 e. The number of hydrogen-bond acceptors (Lipinski definition) is 6. The molecule has 1 aliphatic heterocycles.